The number of hydrogen-bond donors (Lipinski definition) is 2. The van der Waals surface area contributed by atoms with Crippen molar-refractivity contribution in [1.29, 1.82) is 0 Å². The molecule has 0 saturated heterocycles. The third-order valence-corrected chi connectivity index (χ3v) is 7.08. The number of aliphatic hydroxyl groups excluding tert-OH is 1. The van der Waals surface area contributed by atoms with E-state index in [1.165, 1.54) is 16.7 Å². The van der Waals surface area contributed by atoms with Crippen LogP contribution < -0.4 is 0 Å². The first-order chi connectivity index (χ1) is 17.2. The van der Waals surface area contributed by atoms with Gasteiger partial charge < -0.3 is 19.9 Å². The van der Waals surface area contributed by atoms with Gasteiger partial charge in [0, 0.05) is 49.6 Å². The Kier molecular flexibility index (Phi) is 6.36. The summed E-state index contributed by atoms with van der Waals surface area (Å²) in [5.41, 5.74) is 11.0. The molecule has 5 rings (SSSR count). The standard InChI is InChI=1S/C29H33N5O2/c1-17-11-21(12-22-16-33(4)9-8-23(17)22)26-14-31-28-27(32-26)25(13-30-28)20-6-7-24(18(2)10-20)29(36)34(5)15-19(3)35/h6-7,10-14,19,35H,8-9,15-16H2,1-5H3,(H,30,31). The summed E-state index contributed by atoms with van der Waals surface area (Å²) in [5.74, 6) is -0.102. The SMILES string of the molecule is Cc1cc(-c2c[nH]c3ncc(-c4cc(C)c5c(c4)CN(C)CC5)nc23)ccc1C(=O)N(C)CC(C)O. The molecule has 0 spiro atoms. The highest BCUT2D eigenvalue weighted by Crippen LogP contribution is 2.32. The molecule has 1 atom stereocenters. The lowest BCUT2D eigenvalue weighted by Gasteiger charge is -2.27. The number of nitrogens with one attached hydrogen (secondary N) is 1. The number of nitrogens with zero attached hydrogens (tertiary/aromatic N) is 4. The lowest BCUT2D eigenvalue weighted by Crippen LogP contribution is -2.33. The Hall–Kier alpha value is -3.55. The predicted octanol–water partition coefficient (Wildman–Crippen LogP) is 4.35. The van der Waals surface area contributed by atoms with E-state index in [1.807, 2.05) is 37.5 Å². The van der Waals surface area contributed by atoms with E-state index in [9.17, 15) is 9.90 Å². The molecule has 4 aromatic rings. The van der Waals surface area contributed by atoms with E-state index in [2.05, 4.69) is 41.0 Å². The van der Waals surface area contributed by atoms with Crippen LogP contribution in [0, 0.1) is 13.8 Å². The fourth-order valence-corrected chi connectivity index (χ4v) is 5.22. The van der Waals surface area contributed by atoms with Crippen LogP contribution in [0.25, 0.3) is 33.5 Å². The zero-order chi connectivity index (χ0) is 25.6. The van der Waals surface area contributed by atoms with E-state index < -0.39 is 6.10 Å². The summed E-state index contributed by atoms with van der Waals surface area (Å²) in [5, 5.41) is 9.64. The molecule has 3 heterocycles. The molecular weight excluding hydrogens is 450 g/mol. The molecule has 2 N–H and O–H groups in total. The Morgan fingerprint density at radius 2 is 1.97 bits per heavy atom. The van der Waals surface area contributed by atoms with Crippen molar-refractivity contribution in [3.05, 3.63) is 70.5 Å². The van der Waals surface area contributed by atoms with Crippen LogP contribution in [0.4, 0.5) is 0 Å². The second-order valence-electron chi connectivity index (χ2n) is 10.1. The van der Waals surface area contributed by atoms with Crippen molar-refractivity contribution in [3.63, 3.8) is 0 Å². The van der Waals surface area contributed by atoms with Crippen LogP contribution in [0.3, 0.4) is 0 Å². The number of aromatic nitrogens is 3. The second kappa shape index (κ2) is 9.48. The number of benzene rings is 2. The number of carbonyl (C=O) groups is 1. The number of aryl methyl sites for hydroxylation is 2. The summed E-state index contributed by atoms with van der Waals surface area (Å²) in [6.07, 6.45) is 4.27. The summed E-state index contributed by atoms with van der Waals surface area (Å²) < 4.78 is 0. The molecule has 0 bridgehead atoms. The highest BCUT2D eigenvalue weighted by atomic mass is 16.3. The first-order valence-electron chi connectivity index (χ1n) is 12.4. The van der Waals surface area contributed by atoms with Crippen LogP contribution in [-0.2, 0) is 13.0 Å². The lowest BCUT2D eigenvalue weighted by atomic mass is 9.92. The molecule has 1 amide bonds. The molecule has 1 aliphatic heterocycles. The van der Waals surface area contributed by atoms with Gasteiger partial charge in [-0.25, -0.2) is 9.97 Å². The predicted molar refractivity (Wildman–Crippen MR) is 143 cm³/mol. The molecule has 0 aliphatic carbocycles. The molecule has 0 saturated carbocycles. The van der Waals surface area contributed by atoms with Crippen LogP contribution in [0.2, 0.25) is 0 Å². The minimum atomic E-state index is -0.572. The molecule has 2 aromatic carbocycles. The quantitative estimate of drug-likeness (QED) is 0.441. The summed E-state index contributed by atoms with van der Waals surface area (Å²) in [6, 6.07) is 10.3. The summed E-state index contributed by atoms with van der Waals surface area (Å²) in [4.78, 5) is 29.7. The van der Waals surface area contributed by atoms with Crippen molar-refractivity contribution in [2.45, 2.75) is 39.8 Å². The fraction of sp³-hybridized carbons (Fsp3) is 0.345. The number of likely N-dealkylation sites (N-methyl/N-ethyl adjacent to an activating group) is 2. The maximum Gasteiger partial charge on any atom is 0.253 e. The van der Waals surface area contributed by atoms with Gasteiger partial charge >= 0.3 is 0 Å². The fourth-order valence-electron chi connectivity index (χ4n) is 5.22. The molecule has 36 heavy (non-hydrogen) atoms. The second-order valence-corrected chi connectivity index (χ2v) is 10.1. The number of aromatic amines is 1. The van der Waals surface area contributed by atoms with E-state index in [1.54, 1.807) is 18.9 Å². The van der Waals surface area contributed by atoms with Gasteiger partial charge in [0.1, 0.15) is 5.52 Å². The molecular formula is C29H33N5O2. The van der Waals surface area contributed by atoms with Gasteiger partial charge in [-0.15, -0.1) is 0 Å². The topological polar surface area (TPSA) is 85.4 Å². The van der Waals surface area contributed by atoms with E-state index in [0.717, 1.165) is 58.6 Å². The molecule has 0 fully saturated rings. The molecule has 186 valence electrons. The molecule has 7 nitrogen and oxygen atoms in total. The van der Waals surface area contributed by atoms with Gasteiger partial charge in [-0.1, -0.05) is 12.1 Å². The first-order valence-corrected chi connectivity index (χ1v) is 12.4. The molecule has 7 heteroatoms. The number of amides is 1. The Morgan fingerprint density at radius 3 is 2.72 bits per heavy atom. The average molecular weight is 484 g/mol. The highest BCUT2D eigenvalue weighted by molar-refractivity contribution is 5.97. The minimum Gasteiger partial charge on any atom is -0.392 e. The Bertz CT molecular complexity index is 1460. The zero-order valence-corrected chi connectivity index (χ0v) is 21.6. The van der Waals surface area contributed by atoms with Crippen molar-refractivity contribution >= 4 is 17.1 Å². The van der Waals surface area contributed by atoms with E-state index in [-0.39, 0.29) is 5.91 Å². The lowest BCUT2D eigenvalue weighted by molar-refractivity contribution is 0.0703. The summed E-state index contributed by atoms with van der Waals surface area (Å²) in [7, 11) is 3.87. The van der Waals surface area contributed by atoms with Crippen LogP contribution in [0.1, 0.15) is 39.5 Å². The molecule has 0 radical (unpaired) electrons. The van der Waals surface area contributed by atoms with E-state index in [4.69, 9.17) is 4.98 Å². The van der Waals surface area contributed by atoms with Crippen molar-refractivity contribution in [2.75, 3.05) is 27.2 Å². The normalized spacial score (nSPS) is 14.6. The number of H-pyrrole nitrogens is 1. The highest BCUT2D eigenvalue weighted by Gasteiger charge is 2.19. The first kappa shape index (κ1) is 24.2. The third kappa shape index (κ3) is 4.52. The molecule has 1 aliphatic rings. The number of hydrogen-bond acceptors (Lipinski definition) is 5. The van der Waals surface area contributed by atoms with Crippen LogP contribution in [-0.4, -0.2) is 69.1 Å². The maximum absolute atomic E-state index is 12.8. The number of rotatable bonds is 5. The number of fused-ring (bicyclic) bond motifs is 2. The van der Waals surface area contributed by atoms with Gasteiger partial charge in [-0.3, -0.25) is 4.79 Å². The van der Waals surface area contributed by atoms with Crippen molar-refractivity contribution in [1.82, 2.24) is 24.8 Å². The maximum atomic E-state index is 12.8. The van der Waals surface area contributed by atoms with Gasteiger partial charge in [-0.2, -0.15) is 0 Å². The van der Waals surface area contributed by atoms with Crippen molar-refractivity contribution < 1.29 is 9.90 Å². The summed E-state index contributed by atoms with van der Waals surface area (Å²) in [6.45, 7) is 8.13. The smallest absolute Gasteiger partial charge is 0.253 e. The average Bonchev–Trinajstić information content (AvgIpc) is 3.26. The van der Waals surface area contributed by atoms with E-state index >= 15 is 0 Å². The van der Waals surface area contributed by atoms with Crippen LogP contribution in [0.5, 0.6) is 0 Å². The molecule has 2 aromatic heterocycles. The van der Waals surface area contributed by atoms with Crippen molar-refractivity contribution in [3.8, 4) is 22.4 Å². The van der Waals surface area contributed by atoms with Gasteiger partial charge in [0.25, 0.3) is 5.91 Å². The largest absolute Gasteiger partial charge is 0.392 e. The van der Waals surface area contributed by atoms with Gasteiger partial charge in [0.05, 0.1) is 18.0 Å². The molecule has 1 unspecified atom stereocenters. The minimum absolute atomic E-state index is 0.102. The monoisotopic (exact) mass is 483 g/mol. The number of carbonyl (C=O) groups excluding carboxylic acids is 1. The Morgan fingerprint density at radius 1 is 1.19 bits per heavy atom. The van der Waals surface area contributed by atoms with Gasteiger partial charge in [0.15, 0.2) is 5.65 Å². The van der Waals surface area contributed by atoms with Gasteiger partial charge in [-0.05, 0) is 80.3 Å². The van der Waals surface area contributed by atoms with Crippen LogP contribution >= 0.6 is 0 Å². The van der Waals surface area contributed by atoms with Gasteiger partial charge in [0.2, 0.25) is 0 Å². The van der Waals surface area contributed by atoms with E-state index in [0.29, 0.717) is 12.1 Å². The summed E-state index contributed by atoms with van der Waals surface area (Å²) >= 11 is 0. The number of aliphatic hydroxyl groups is 1. The Labute approximate surface area is 211 Å². The van der Waals surface area contributed by atoms with Crippen LogP contribution in [0.15, 0.2) is 42.7 Å². The third-order valence-electron chi connectivity index (χ3n) is 7.08. The Balaban J connectivity index is 1.51. The zero-order valence-electron chi connectivity index (χ0n) is 21.6. The van der Waals surface area contributed by atoms with Crippen molar-refractivity contribution in [2.24, 2.45) is 0 Å².